The van der Waals surface area contributed by atoms with Crippen LogP contribution in [0.2, 0.25) is 6.32 Å². The SMILES string of the molecule is COC(=O)c1cccc(N2CCCB2C#N)c1. The van der Waals surface area contributed by atoms with Gasteiger partial charge in [0.05, 0.1) is 12.7 Å². The maximum absolute atomic E-state index is 11.4. The van der Waals surface area contributed by atoms with Gasteiger partial charge in [-0.05, 0) is 30.9 Å². The lowest BCUT2D eigenvalue weighted by atomic mass is 9.61. The summed E-state index contributed by atoms with van der Waals surface area (Å²) in [5.41, 5.74) is 1.44. The van der Waals surface area contributed by atoms with Crippen molar-refractivity contribution in [2.75, 3.05) is 18.5 Å². The number of anilines is 1. The smallest absolute Gasteiger partial charge is 0.378 e. The van der Waals surface area contributed by atoms with Crippen molar-refractivity contribution in [3.8, 4) is 5.97 Å². The van der Waals surface area contributed by atoms with E-state index in [2.05, 4.69) is 10.7 Å². The zero-order valence-corrected chi connectivity index (χ0v) is 9.72. The molecule has 0 bridgehead atoms. The van der Waals surface area contributed by atoms with Crippen molar-refractivity contribution in [1.82, 2.24) is 0 Å². The second-order valence-corrected chi connectivity index (χ2v) is 4.02. The number of nitrogens with zero attached hydrogens (tertiary/aromatic N) is 2. The van der Waals surface area contributed by atoms with E-state index in [1.54, 1.807) is 12.1 Å². The van der Waals surface area contributed by atoms with E-state index in [4.69, 9.17) is 5.26 Å². The van der Waals surface area contributed by atoms with Crippen molar-refractivity contribution in [2.45, 2.75) is 12.7 Å². The zero-order chi connectivity index (χ0) is 12.3. The van der Waals surface area contributed by atoms with Crippen LogP contribution < -0.4 is 4.81 Å². The van der Waals surface area contributed by atoms with Crippen LogP contribution in [0.1, 0.15) is 16.8 Å². The van der Waals surface area contributed by atoms with Crippen LogP contribution in [0.15, 0.2) is 24.3 Å². The minimum atomic E-state index is -0.348. The summed E-state index contributed by atoms with van der Waals surface area (Å²) in [5, 5.41) is 9.04. The molecule has 0 aliphatic carbocycles. The number of hydrogen-bond donors (Lipinski definition) is 0. The molecule has 1 fully saturated rings. The Labute approximate surface area is 101 Å². The molecule has 4 nitrogen and oxygen atoms in total. The molecule has 5 heteroatoms. The second kappa shape index (κ2) is 4.92. The fraction of sp³-hybridized carbons (Fsp3) is 0.333. The van der Waals surface area contributed by atoms with Crippen LogP contribution in [0.3, 0.4) is 0 Å². The molecule has 1 aliphatic heterocycles. The Morgan fingerprint density at radius 1 is 1.59 bits per heavy atom. The third kappa shape index (κ3) is 2.26. The van der Waals surface area contributed by atoms with Crippen LogP contribution in [0.25, 0.3) is 0 Å². The van der Waals surface area contributed by atoms with Gasteiger partial charge in [0.1, 0.15) is 0 Å². The van der Waals surface area contributed by atoms with Gasteiger partial charge in [0, 0.05) is 18.2 Å². The molecule has 0 radical (unpaired) electrons. The normalized spacial score (nSPS) is 14.6. The predicted octanol–water partition coefficient (Wildman–Crippen LogP) is 1.74. The molecule has 0 saturated carbocycles. The molecule has 0 atom stereocenters. The summed E-state index contributed by atoms with van der Waals surface area (Å²) in [7, 11) is 1.36. The van der Waals surface area contributed by atoms with Crippen molar-refractivity contribution in [3.05, 3.63) is 29.8 Å². The van der Waals surface area contributed by atoms with Gasteiger partial charge in [-0.25, -0.2) is 10.1 Å². The molecule has 1 saturated heterocycles. The number of methoxy groups -OCH3 is 1. The number of carbonyl (C=O) groups excluding carboxylic acids is 1. The van der Waals surface area contributed by atoms with Crippen molar-refractivity contribution in [1.29, 1.82) is 5.26 Å². The summed E-state index contributed by atoms with van der Waals surface area (Å²) in [6.45, 7) is 0.783. The van der Waals surface area contributed by atoms with Crippen LogP contribution in [-0.4, -0.2) is 26.5 Å². The average Bonchev–Trinajstić information content (AvgIpc) is 2.86. The lowest BCUT2D eigenvalue weighted by Crippen LogP contribution is -2.32. The van der Waals surface area contributed by atoms with Crippen molar-refractivity contribution in [2.24, 2.45) is 0 Å². The Morgan fingerprint density at radius 3 is 3.12 bits per heavy atom. The van der Waals surface area contributed by atoms with E-state index in [9.17, 15) is 4.79 Å². The number of hydrogen-bond acceptors (Lipinski definition) is 4. The van der Waals surface area contributed by atoms with Gasteiger partial charge in [-0.2, -0.15) is 0 Å². The quantitative estimate of drug-likeness (QED) is 0.571. The molecule has 17 heavy (non-hydrogen) atoms. The molecular formula is C12H13BN2O2. The summed E-state index contributed by atoms with van der Waals surface area (Å²) in [4.78, 5) is 13.5. The fourth-order valence-electron chi connectivity index (χ4n) is 2.14. The molecule has 1 aliphatic rings. The molecule has 0 spiro atoms. The van der Waals surface area contributed by atoms with E-state index in [0.717, 1.165) is 25.0 Å². The van der Waals surface area contributed by atoms with Gasteiger partial charge in [-0.3, -0.25) is 0 Å². The topological polar surface area (TPSA) is 53.3 Å². The summed E-state index contributed by atoms with van der Waals surface area (Å²) in [5.74, 6) is 1.94. The lowest BCUT2D eigenvalue weighted by Gasteiger charge is -2.20. The summed E-state index contributed by atoms with van der Waals surface area (Å²) >= 11 is 0. The van der Waals surface area contributed by atoms with Gasteiger partial charge < -0.3 is 9.55 Å². The maximum Gasteiger partial charge on any atom is 0.378 e. The highest BCUT2D eigenvalue weighted by Gasteiger charge is 2.29. The van der Waals surface area contributed by atoms with Crippen molar-refractivity contribution >= 4 is 18.5 Å². The van der Waals surface area contributed by atoms with E-state index < -0.39 is 0 Å². The van der Waals surface area contributed by atoms with E-state index in [0.29, 0.717) is 5.56 Å². The van der Waals surface area contributed by atoms with Gasteiger partial charge in [0.2, 0.25) is 0 Å². The first-order valence-electron chi connectivity index (χ1n) is 5.61. The first-order chi connectivity index (χ1) is 8.26. The molecule has 0 aromatic heterocycles. The largest absolute Gasteiger partial charge is 0.465 e. The molecule has 0 N–H and O–H groups in total. The zero-order valence-electron chi connectivity index (χ0n) is 9.72. The second-order valence-electron chi connectivity index (χ2n) is 4.02. The number of carbonyl (C=O) groups is 1. The number of rotatable bonds is 2. The highest BCUT2D eigenvalue weighted by Crippen LogP contribution is 2.24. The summed E-state index contributed by atoms with van der Waals surface area (Å²) in [6, 6.07) is 7.23. The third-order valence-corrected chi connectivity index (χ3v) is 3.00. The van der Waals surface area contributed by atoms with Crippen LogP contribution >= 0.6 is 0 Å². The van der Waals surface area contributed by atoms with Gasteiger partial charge >= 0.3 is 12.8 Å². The Kier molecular flexibility index (Phi) is 3.33. The van der Waals surface area contributed by atoms with Crippen LogP contribution in [0.4, 0.5) is 5.69 Å². The Bertz CT molecular complexity index is 470. The molecule has 0 unspecified atom stereocenters. The van der Waals surface area contributed by atoms with Crippen molar-refractivity contribution < 1.29 is 9.53 Å². The predicted molar refractivity (Wildman–Crippen MR) is 65.9 cm³/mol. The van der Waals surface area contributed by atoms with Gasteiger partial charge in [0.15, 0.2) is 0 Å². The molecular weight excluding hydrogens is 215 g/mol. The van der Waals surface area contributed by atoms with E-state index >= 15 is 0 Å². The van der Waals surface area contributed by atoms with Gasteiger partial charge in [-0.15, -0.1) is 0 Å². The molecule has 0 amide bonds. The standard InChI is InChI=1S/C12H13BN2O2/c1-17-12(16)10-4-2-5-11(8-10)15-7-3-6-13(15)9-14/h2,4-5,8H,3,6-7H2,1H3. The molecule has 2 rings (SSSR count). The van der Waals surface area contributed by atoms with Crippen molar-refractivity contribution in [3.63, 3.8) is 0 Å². The van der Waals surface area contributed by atoms with E-state index in [1.807, 2.05) is 16.9 Å². The van der Waals surface area contributed by atoms with Crippen LogP contribution in [0, 0.1) is 11.2 Å². The third-order valence-electron chi connectivity index (χ3n) is 3.00. The van der Waals surface area contributed by atoms with E-state index in [-0.39, 0.29) is 12.8 Å². The highest BCUT2D eigenvalue weighted by molar-refractivity contribution is 6.71. The first kappa shape index (κ1) is 11.5. The van der Waals surface area contributed by atoms with E-state index in [1.165, 1.54) is 7.11 Å². The van der Waals surface area contributed by atoms with Gasteiger partial charge in [-0.1, -0.05) is 6.07 Å². The minimum absolute atomic E-state index is 0.0807. The number of nitriles is 1. The Morgan fingerprint density at radius 2 is 2.41 bits per heavy atom. The monoisotopic (exact) mass is 228 g/mol. The number of esters is 1. The van der Waals surface area contributed by atoms with Gasteiger partial charge in [0.25, 0.3) is 0 Å². The number of ether oxygens (including phenoxy) is 1. The highest BCUT2D eigenvalue weighted by atomic mass is 16.5. The lowest BCUT2D eigenvalue weighted by molar-refractivity contribution is 0.0601. The molecule has 1 aromatic carbocycles. The average molecular weight is 228 g/mol. The minimum Gasteiger partial charge on any atom is -0.465 e. The Balaban J connectivity index is 2.27. The molecule has 86 valence electrons. The Hall–Kier alpha value is -1.96. The maximum atomic E-state index is 11.4. The molecule has 1 heterocycles. The number of benzene rings is 1. The van der Waals surface area contributed by atoms with Crippen LogP contribution in [0.5, 0.6) is 0 Å². The summed E-state index contributed by atoms with van der Waals surface area (Å²) < 4.78 is 4.68. The molecule has 1 aromatic rings. The summed E-state index contributed by atoms with van der Waals surface area (Å²) in [6.07, 6.45) is 1.90. The first-order valence-corrected chi connectivity index (χ1v) is 5.61. The fourth-order valence-corrected chi connectivity index (χ4v) is 2.14. The van der Waals surface area contributed by atoms with Crippen LogP contribution in [-0.2, 0) is 4.74 Å².